The summed E-state index contributed by atoms with van der Waals surface area (Å²) in [5.74, 6) is -0.0741. The van der Waals surface area contributed by atoms with E-state index in [0.717, 1.165) is 19.3 Å². The average molecular weight is 299 g/mol. The number of aliphatic hydroxyl groups is 1. The molecule has 2 aliphatic rings. The van der Waals surface area contributed by atoms with Crippen molar-refractivity contribution in [1.82, 2.24) is 9.88 Å². The average Bonchev–Trinajstić information content (AvgIpc) is 3.02. The smallest absolute Gasteiger partial charge is 0.270 e. The lowest BCUT2D eigenvalue weighted by atomic mass is 9.79. The zero-order chi connectivity index (χ0) is 14.3. The Hall–Kier alpha value is -1.04. The van der Waals surface area contributed by atoms with Crippen molar-refractivity contribution in [3.05, 3.63) is 23.0 Å². The number of likely N-dealkylation sites (tertiary alicyclic amines) is 1. The molecule has 0 aromatic carbocycles. The number of hydrogen-bond donors (Lipinski definition) is 2. The Morgan fingerprint density at radius 2 is 2.40 bits per heavy atom. The first kappa shape index (κ1) is 13.9. The molecule has 1 amide bonds. The first-order chi connectivity index (χ1) is 9.55. The molecule has 3 atom stereocenters. The van der Waals surface area contributed by atoms with Crippen LogP contribution in [0.5, 0.6) is 0 Å². The van der Waals surface area contributed by atoms with Gasteiger partial charge in [0.25, 0.3) is 5.91 Å². The number of hydrogen-bond acceptors (Lipinski definition) is 3. The maximum Gasteiger partial charge on any atom is 0.270 e. The Balaban J connectivity index is 1.85. The number of aromatic amines is 1. The summed E-state index contributed by atoms with van der Waals surface area (Å²) in [6.07, 6.45) is 4.17. The van der Waals surface area contributed by atoms with Gasteiger partial charge in [0.05, 0.1) is 22.8 Å². The number of nitrogens with one attached hydrogen (secondary N) is 1. The van der Waals surface area contributed by atoms with Crippen LogP contribution in [-0.2, 0) is 4.74 Å². The first-order valence-corrected chi connectivity index (χ1v) is 7.31. The van der Waals surface area contributed by atoms with Gasteiger partial charge in [-0.2, -0.15) is 0 Å². The fraction of sp³-hybridized carbons (Fsp3) is 0.643. The Bertz CT molecular complexity index is 518. The minimum Gasteiger partial charge on any atom is -0.393 e. The van der Waals surface area contributed by atoms with E-state index in [1.54, 1.807) is 19.4 Å². The molecule has 0 spiro atoms. The molecule has 0 unspecified atom stereocenters. The van der Waals surface area contributed by atoms with Gasteiger partial charge in [-0.05, 0) is 31.7 Å². The van der Waals surface area contributed by atoms with Gasteiger partial charge in [0.1, 0.15) is 5.69 Å². The number of rotatable bonds is 2. The second-order valence-corrected chi connectivity index (χ2v) is 6.13. The number of H-pyrrole nitrogens is 1. The van der Waals surface area contributed by atoms with E-state index >= 15 is 0 Å². The number of halogens is 1. The predicted molar refractivity (Wildman–Crippen MR) is 74.8 cm³/mol. The third-order valence-electron chi connectivity index (χ3n) is 4.70. The maximum absolute atomic E-state index is 12.6. The summed E-state index contributed by atoms with van der Waals surface area (Å²) >= 11 is 5.86. The van der Waals surface area contributed by atoms with E-state index in [1.165, 1.54) is 0 Å². The molecule has 2 fully saturated rings. The van der Waals surface area contributed by atoms with Gasteiger partial charge >= 0.3 is 0 Å². The number of nitrogens with zero attached hydrogens (tertiary/aromatic N) is 1. The molecule has 110 valence electrons. The Kier molecular flexibility index (Phi) is 3.52. The molecule has 20 heavy (non-hydrogen) atoms. The van der Waals surface area contributed by atoms with Crippen molar-refractivity contribution in [2.45, 2.75) is 43.4 Å². The molecule has 6 heteroatoms. The van der Waals surface area contributed by atoms with Gasteiger partial charge < -0.3 is 19.7 Å². The van der Waals surface area contributed by atoms with Crippen LogP contribution >= 0.6 is 11.6 Å². The van der Waals surface area contributed by atoms with Crippen LogP contribution in [0.2, 0.25) is 5.02 Å². The van der Waals surface area contributed by atoms with Crippen LogP contribution in [0.3, 0.4) is 0 Å². The number of aliphatic hydroxyl groups excluding tert-OH is 1. The molecule has 2 heterocycles. The van der Waals surface area contributed by atoms with Crippen LogP contribution in [0.25, 0.3) is 0 Å². The van der Waals surface area contributed by atoms with Crippen LogP contribution in [0, 0.1) is 0 Å². The molecule has 0 bridgehead atoms. The number of fused-ring (bicyclic) bond motifs is 1. The Labute approximate surface area is 122 Å². The Morgan fingerprint density at radius 1 is 1.60 bits per heavy atom. The normalized spacial score (nSPS) is 33.2. The quantitative estimate of drug-likeness (QED) is 0.875. The van der Waals surface area contributed by atoms with E-state index in [1.807, 2.05) is 4.90 Å². The molecule has 1 aromatic rings. The van der Waals surface area contributed by atoms with E-state index in [9.17, 15) is 9.90 Å². The second kappa shape index (κ2) is 5.06. The van der Waals surface area contributed by atoms with Crippen molar-refractivity contribution in [3.63, 3.8) is 0 Å². The van der Waals surface area contributed by atoms with Crippen LogP contribution in [-0.4, -0.2) is 52.3 Å². The lowest BCUT2D eigenvalue weighted by Gasteiger charge is -2.42. The summed E-state index contributed by atoms with van der Waals surface area (Å²) in [5.41, 5.74) is 0.188. The van der Waals surface area contributed by atoms with Gasteiger partial charge in [-0.3, -0.25) is 4.79 Å². The van der Waals surface area contributed by atoms with Gasteiger partial charge in [0.2, 0.25) is 0 Å². The number of amides is 1. The van der Waals surface area contributed by atoms with E-state index in [2.05, 4.69) is 4.98 Å². The zero-order valence-electron chi connectivity index (χ0n) is 11.4. The standard InChI is InChI=1S/C14H19ClN2O3/c1-20-14-3-2-10(18)7-12(14)17(5-4-14)13(19)11-6-9(15)8-16-11/h6,8,10,12,16,18H,2-5,7H2,1H3/t10-,12+,14-/m1/s1. The van der Waals surface area contributed by atoms with E-state index in [0.29, 0.717) is 23.7 Å². The third kappa shape index (κ3) is 2.14. The van der Waals surface area contributed by atoms with Crippen LogP contribution in [0.1, 0.15) is 36.2 Å². The van der Waals surface area contributed by atoms with Gasteiger partial charge in [0.15, 0.2) is 0 Å². The minimum absolute atomic E-state index is 0.0641. The first-order valence-electron chi connectivity index (χ1n) is 6.94. The number of aromatic nitrogens is 1. The third-order valence-corrected chi connectivity index (χ3v) is 4.92. The number of ether oxygens (including phenoxy) is 1. The van der Waals surface area contributed by atoms with E-state index in [-0.39, 0.29) is 23.7 Å². The summed E-state index contributed by atoms with van der Waals surface area (Å²) < 4.78 is 5.73. The molecule has 0 radical (unpaired) electrons. The molecule has 1 saturated heterocycles. The minimum atomic E-state index is -0.357. The molecular weight excluding hydrogens is 280 g/mol. The molecule has 1 aliphatic carbocycles. The van der Waals surface area contributed by atoms with Crippen LogP contribution in [0.4, 0.5) is 0 Å². The summed E-state index contributed by atoms with van der Waals surface area (Å²) in [7, 11) is 1.70. The molecule has 1 aromatic heterocycles. The molecule has 3 rings (SSSR count). The zero-order valence-corrected chi connectivity index (χ0v) is 12.2. The summed E-state index contributed by atoms with van der Waals surface area (Å²) in [6.45, 7) is 0.653. The molecular formula is C14H19ClN2O3. The highest BCUT2D eigenvalue weighted by Gasteiger charge is 2.52. The van der Waals surface area contributed by atoms with Crippen molar-refractivity contribution in [1.29, 1.82) is 0 Å². The van der Waals surface area contributed by atoms with Crippen molar-refractivity contribution in [2.24, 2.45) is 0 Å². The highest BCUT2D eigenvalue weighted by molar-refractivity contribution is 6.30. The largest absolute Gasteiger partial charge is 0.393 e. The molecule has 2 N–H and O–H groups in total. The van der Waals surface area contributed by atoms with Crippen molar-refractivity contribution in [3.8, 4) is 0 Å². The van der Waals surface area contributed by atoms with E-state index < -0.39 is 0 Å². The monoisotopic (exact) mass is 298 g/mol. The van der Waals surface area contributed by atoms with Gasteiger partial charge in [-0.15, -0.1) is 0 Å². The SMILES string of the molecule is CO[C@@]12CC[C@@H](O)C[C@@H]1N(C(=O)c1cc(Cl)c[nH]1)CC2. The fourth-order valence-corrected chi connectivity index (χ4v) is 3.73. The van der Waals surface area contributed by atoms with Crippen LogP contribution in [0.15, 0.2) is 12.3 Å². The summed E-state index contributed by atoms with van der Waals surface area (Å²) in [6, 6.07) is 1.57. The topological polar surface area (TPSA) is 65.6 Å². The van der Waals surface area contributed by atoms with Gasteiger partial charge in [-0.1, -0.05) is 11.6 Å². The van der Waals surface area contributed by atoms with Gasteiger partial charge in [0, 0.05) is 19.9 Å². The fourth-order valence-electron chi connectivity index (χ4n) is 3.57. The summed E-state index contributed by atoms with van der Waals surface area (Å²) in [5, 5.41) is 10.4. The summed E-state index contributed by atoms with van der Waals surface area (Å²) in [4.78, 5) is 17.3. The van der Waals surface area contributed by atoms with Crippen molar-refractivity contribution in [2.75, 3.05) is 13.7 Å². The van der Waals surface area contributed by atoms with E-state index in [4.69, 9.17) is 16.3 Å². The van der Waals surface area contributed by atoms with Gasteiger partial charge in [-0.25, -0.2) is 0 Å². The maximum atomic E-state index is 12.6. The number of carbonyl (C=O) groups is 1. The molecule has 5 nitrogen and oxygen atoms in total. The lowest BCUT2D eigenvalue weighted by molar-refractivity contribution is -0.0824. The second-order valence-electron chi connectivity index (χ2n) is 5.69. The molecule has 1 saturated carbocycles. The molecule has 1 aliphatic heterocycles. The number of carbonyl (C=O) groups excluding carboxylic acids is 1. The predicted octanol–water partition coefficient (Wildman–Crippen LogP) is 1.81. The van der Waals surface area contributed by atoms with Crippen molar-refractivity contribution < 1.29 is 14.6 Å². The highest BCUT2D eigenvalue weighted by atomic mass is 35.5. The van der Waals surface area contributed by atoms with Crippen LogP contribution < -0.4 is 0 Å². The lowest BCUT2D eigenvalue weighted by Crippen LogP contribution is -2.52. The number of methoxy groups -OCH3 is 1. The highest BCUT2D eigenvalue weighted by Crippen LogP contribution is 2.42. The van der Waals surface area contributed by atoms with Crippen molar-refractivity contribution >= 4 is 17.5 Å². The Morgan fingerprint density at radius 3 is 3.05 bits per heavy atom.